The van der Waals surface area contributed by atoms with Gasteiger partial charge in [0, 0.05) is 6.20 Å². The van der Waals surface area contributed by atoms with E-state index in [2.05, 4.69) is 5.32 Å². The number of hydrogen-bond donors (Lipinski definition) is 3. The molecule has 0 aliphatic carbocycles. The van der Waals surface area contributed by atoms with E-state index < -0.39 is 29.5 Å². The van der Waals surface area contributed by atoms with Crippen molar-refractivity contribution in [1.29, 1.82) is 0 Å². The molecule has 0 saturated carbocycles. The number of carbonyl (C=O) groups is 2. The van der Waals surface area contributed by atoms with Crippen molar-refractivity contribution < 1.29 is 14.7 Å². The number of aliphatic carboxylic acids is 1. The molecule has 0 radical (unpaired) electrons. The lowest BCUT2D eigenvalue weighted by Gasteiger charge is -2.22. The molecule has 0 aliphatic rings. The van der Waals surface area contributed by atoms with Crippen LogP contribution in [-0.2, 0) is 4.79 Å². The number of carbonyl (C=O) groups excluding carboxylic acids is 1. The standard InChI is InChI=1S/C24H25N3O4.BrH/c25-15-7-14-20(24(30)31)26-22(28)19-13-8-16-27(23(19)29)21(17-9-3-1-4-10-17)18-11-5-2-6-12-18;/h1-6,8-13,16,20-21H,7,14-15,25H2,(H,26,28)(H,30,31);1H/t20-;/m0./s1. The van der Waals surface area contributed by atoms with Gasteiger partial charge in [-0.2, -0.15) is 0 Å². The molecule has 0 bridgehead atoms. The summed E-state index contributed by atoms with van der Waals surface area (Å²) < 4.78 is 1.50. The van der Waals surface area contributed by atoms with Crippen LogP contribution in [0.5, 0.6) is 0 Å². The summed E-state index contributed by atoms with van der Waals surface area (Å²) in [5.41, 5.74) is 6.61. The smallest absolute Gasteiger partial charge is 0.326 e. The summed E-state index contributed by atoms with van der Waals surface area (Å²) in [6.07, 6.45) is 2.27. The van der Waals surface area contributed by atoms with E-state index in [1.807, 2.05) is 60.7 Å². The average Bonchev–Trinajstić information content (AvgIpc) is 2.79. The molecule has 168 valence electrons. The maximum atomic E-state index is 13.3. The Kier molecular flexibility index (Phi) is 9.37. The molecule has 3 aromatic rings. The Morgan fingerprint density at radius 3 is 2.00 bits per heavy atom. The Morgan fingerprint density at radius 2 is 1.50 bits per heavy atom. The van der Waals surface area contributed by atoms with Crippen LogP contribution in [0.15, 0.2) is 83.8 Å². The molecule has 1 atom stereocenters. The molecular formula is C24H26BrN3O4. The van der Waals surface area contributed by atoms with Gasteiger partial charge in [-0.05, 0) is 42.6 Å². The molecule has 4 N–H and O–H groups in total. The highest BCUT2D eigenvalue weighted by Crippen LogP contribution is 2.25. The minimum absolute atomic E-state index is 0. The number of hydrogen-bond acceptors (Lipinski definition) is 4. The van der Waals surface area contributed by atoms with E-state index in [-0.39, 0.29) is 29.0 Å². The predicted molar refractivity (Wildman–Crippen MR) is 128 cm³/mol. The second-order valence-corrected chi connectivity index (χ2v) is 7.15. The maximum absolute atomic E-state index is 13.3. The van der Waals surface area contributed by atoms with Crippen LogP contribution in [0.1, 0.15) is 40.4 Å². The van der Waals surface area contributed by atoms with Crippen LogP contribution >= 0.6 is 17.0 Å². The summed E-state index contributed by atoms with van der Waals surface area (Å²) in [7, 11) is 0. The van der Waals surface area contributed by atoms with Crippen LogP contribution in [0.2, 0.25) is 0 Å². The number of nitrogens with zero attached hydrogens (tertiary/aromatic N) is 1. The monoisotopic (exact) mass is 499 g/mol. The van der Waals surface area contributed by atoms with Gasteiger partial charge in [0.1, 0.15) is 11.6 Å². The number of benzene rings is 2. The van der Waals surface area contributed by atoms with Gasteiger partial charge in [-0.25, -0.2) is 4.79 Å². The Bertz CT molecular complexity index is 1050. The van der Waals surface area contributed by atoms with Crippen LogP contribution in [0.25, 0.3) is 0 Å². The molecule has 0 aliphatic heterocycles. The summed E-state index contributed by atoms with van der Waals surface area (Å²) in [5.74, 6) is -1.88. The fourth-order valence-corrected chi connectivity index (χ4v) is 3.49. The Hall–Kier alpha value is -3.23. The number of nitrogens with one attached hydrogen (secondary N) is 1. The highest BCUT2D eigenvalue weighted by atomic mass is 79.9. The maximum Gasteiger partial charge on any atom is 0.326 e. The SMILES string of the molecule is Br.NCCC[C@H](NC(=O)c1cccn(C(c2ccccc2)c2ccccc2)c1=O)C(=O)O. The molecule has 1 heterocycles. The fraction of sp³-hybridized carbons (Fsp3) is 0.208. The molecule has 1 amide bonds. The first-order chi connectivity index (χ1) is 15.0. The van der Waals surface area contributed by atoms with E-state index in [1.165, 1.54) is 10.6 Å². The van der Waals surface area contributed by atoms with Gasteiger partial charge in [0.05, 0.1) is 6.04 Å². The minimum Gasteiger partial charge on any atom is -0.480 e. The van der Waals surface area contributed by atoms with Crippen molar-refractivity contribution in [3.63, 3.8) is 0 Å². The zero-order chi connectivity index (χ0) is 22.2. The average molecular weight is 500 g/mol. The van der Waals surface area contributed by atoms with Crippen LogP contribution < -0.4 is 16.6 Å². The molecule has 7 nitrogen and oxygen atoms in total. The highest BCUT2D eigenvalue weighted by Gasteiger charge is 2.24. The largest absolute Gasteiger partial charge is 0.480 e. The number of nitrogens with two attached hydrogens (primary N) is 1. The third-order valence-corrected chi connectivity index (χ3v) is 5.03. The van der Waals surface area contributed by atoms with E-state index in [0.29, 0.717) is 13.0 Å². The van der Waals surface area contributed by atoms with Gasteiger partial charge in [-0.3, -0.25) is 9.59 Å². The van der Waals surface area contributed by atoms with Crippen LogP contribution in [0.4, 0.5) is 0 Å². The van der Waals surface area contributed by atoms with Crippen molar-refractivity contribution in [2.24, 2.45) is 5.73 Å². The zero-order valence-electron chi connectivity index (χ0n) is 17.4. The Labute approximate surface area is 196 Å². The summed E-state index contributed by atoms with van der Waals surface area (Å²) >= 11 is 0. The van der Waals surface area contributed by atoms with Gasteiger partial charge in [-0.15, -0.1) is 17.0 Å². The van der Waals surface area contributed by atoms with E-state index in [1.54, 1.807) is 12.3 Å². The van der Waals surface area contributed by atoms with Crippen LogP contribution in [0, 0.1) is 0 Å². The van der Waals surface area contributed by atoms with E-state index in [4.69, 9.17) is 5.73 Å². The number of rotatable bonds is 9. The zero-order valence-corrected chi connectivity index (χ0v) is 19.1. The van der Waals surface area contributed by atoms with Gasteiger partial charge in [0.25, 0.3) is 11.5 Å². The fourth-order valence-electron chi connectivity index (χ4n) is 3.49. The molecule has 32 heavy (non-hydrogen) atoms. The van der Waals surface area contributed by atoms with Gasteiger partial charge in [0.2, 0.25) is 0 Å². The van der Waals surface area contributed by atoms with Crippen molar-refractivity contribution >= 4 is 28.9 Å². The Morgan fingerprint density at radius 1 is 0.938 bits per heavy atom. The quantitative estimate of drug-likeness (QED) is 0.418. The van der Waals surface area contributed by atoms with Gasteiger partial charge in [0.15, 0.2) is 0 Å². The molecule has 0 unspecified atom stereocenters. The van der Waals surface area contributed by atoms with E-state index in [0.717, 1.165) is 11.1 Å². The number of amides is 1. The minimum atomic E-state index is -1.16. The lowest BCUT2D eigenvalue weighted by Crippen LogP contribution is -2.43. The molecule has 0 saturated heterocycles. The lowest BCUT2D eigenvalue weighted by atomic mass is 9.98. The third-order valence-electron chi connectivity index (χ3n) is 5.03. The molecule has 1 aromatic heterocycles. The van der Waals surface area contributed by atoms with E-state index >= 15 is 0 Å². The van der Waals surface area contributed by atoms with Crippen LogP contribution in [0.3, 0.4) is 0 Å². The van der Waals surface area contributed by atoms with E-state index in [9.17, 15) is 19.5 Å². The van der Waals surface area contributed by atoms with Crippen molar-refractivity contribution in [1.82, 2.24) is 9.88 Å². The normalized spacial score (nSPS) is 11.4. The Balaban J connectivity index is 0.00000363. The topological polar surface area (TPSA) is 114 Å². The molecule has 3 rings (SSSR count). The molecule has 0 spiro atoms. The molecule has 8 heteroatoms. The highest BCUT2D eigenvalue weighted by molar-refractivity contribution is 8.93. The number of halogens is 1. The van der Waals surface area contributed by atoms with Crippen molar-refractivity contribution in [3.8, 4) is 0 Å². The molecular weight excluding hydrogens is 474 g/mol. The third kappa shape index (κ3) is 5.93. The second kappa shape index (κ2) is 12.0. The van der Waals surface area contributed by atoms with Gasteiger partial charge < -0.3 is 20.7 Å². The van der Waals surface area contributed by atoms with Crippen LogP contribution in [-0.4, -0.2) is 34.1 Å². The number of carboxylic acid groups (broad SMARTS) is 1. The van der Waals surface area contributed by atoms with Crippen molar-refractivity contribution in [2.75, 3.05) is 6.54 Å². The summed E-state index contributed by atoms with van der Waals surface area (Å²) in [5, 5.41) is 11.8. The van der Waals surface area contributed by atoms with Gasteiger partial charge in [-0.1, -0.05) is 60.7 Å². The summed E-state index contributed by atoms with van der Waals surface area (Å²) in [4.78, 5) is 37.5. The predicted octanol–water partition coefficient (Wildman–Crippen LogP) is 2.99. The molecule has 0 fully saturated rings. The first kappa shape index (κ1) is 25.0. The second-order valence-electron chi connectivity index (χ2n) is 7.15. The van der Waals surface area contributed by atoms with Gasteiger partial charge >= 0.3 is 5.97 Å². The van der Waals surface area contributed by atoms with Crippen molar-refractivity contribution in [3.05, 3.63) is 106 Å². The number of aromatic nitrogens is 1. The summed E-state index contributed by atoms with van der Waals surface area (Å²) in [6.45, 7) is 0.313. The molecule has 2 aromatic carbocycles. The lowest BCUT2D eigenvalue weighted by molar-refractivity contribution is -0.139. The first-order valence-electron chi connectivity index (χ1n) is 10.1. The summed E-state index contributed by atoms with van der Waals surface area (Å²) in [6, 6.07) is 20.5. The number of pyridine rings is 1. The van der Waals surface area contributed by atoms with Crippen molar-refractivity contribution in [2.45, 2.75) is 24.9 Å². The number of carboxylic acids is 1. The first-order valence-corrected chi connectivity index (χ1v) is 10.1.